The Morgan fingerprint density at radius 2 is 2.08 bits per heavy atom. The summed E-state index contributed by atoms with van der Waals surface area (Å²) in [7, 11) is 0. The van der Waals surface area contributed by atoms with Crippen LogP contribution in [0, 0.1) is 0 Å². The van der Waals surface area contributed by atoms with Gasteiger partial charge in [0.1, 0.15) is 5.82 Å². The van der Waals surface area contributed by atoms with E-state index in [1.165, 1.54) is 12.8 Å². The van der Waals surface area contributed by atoms with Crippen molar-refractivity contribution in [3.63, 3.8) is 0 Å². The van der Waals surface area contributed by atoms with Crippen LogP contribution in [0.4, 0.5) is 23.3 Å². The third-order valence-corrected chi connectivity index (χ3v) is 4.49. The molecule has 6 nitrogen and oxygen atoms in total. The standard InChI is InChI=1S/C16H14BrClN6/c17-12-8-19-16(20-11-3-1-2-10(18)6-11)22-15(12)21-14-7-13(23-24-14)9-4-5-9/h1-3,6-9H,4-5H2,(H3,19,20,21,22,23,24). The van der Waals surface area contributed by atoms with Crippen LogP contribution in [0.15, 0.2) is 41.0 Å². The zero-order chi connectivity index (χ0) is 16.5. The van der Waals surface area contributed by atoms with E-state index in [1.807, 2.05) is 30.3 Å². The number of nitrogens with one attached hydrogen (secondary N) is 3. The van der Waals surface area contributed by atoms with Gasteiger partial charge in [-0.2, -0.15) is 10.1 Å². The van der Waals surface area contributed by atoms with Gasteiger partial charge < -0.3 is 10.6 Å². The minimum absolute atomic E-state index is 0.477. The van der Waals surface area contributed by atoms with E-state index in [1.54, 1.807) is 6.20 Å². The maximum Gasteiger partial charge on any atom is 0.229 e. The number of anilines is 4. The number of hydrogen-bond donors (Lipinski definition) is 3. The summed E-state index contributed by atoms with van der Waals surface area (Å²) in [4.78, 5) is 8.76. The molecule has 24 heavy (non-hydrogen) atoms. The van der Waals surface area contributed by atoms with Crippen molar-refractivity contribution in [1.82, 2.24) is 20.2 Å². The van der Waals surface area contributed by atoms with Gasteiger partial charge in [-0.3, -0.25) is 5.10 Å². The van der Waals surface area contributed by atoms with E-state index in [9.17, 15) is 0 Å². The number of aromatic nitrogens is 4. The first-order chi connectivity index (χ1) is 11.7. The Hall–Kier alpha value is -2.12. The van der Waals surface area contributed by atoms with Gasteiger partial charge in [0.2, 0.25) is 5.95 Å². The predicted molar refractivity (Wildman–Crippen MR) is 98.3 cm³/mol. The Kier molecular flexibility index (Phi) is 4.12. The lowest BCUT2D eigenvalue weighted by Gasteiger charge is -2.09. The van der Waals surface area contributed by atoms with Crippen molar-refractivity contribution in [2.24, 2.45) is 0 Å². The Labute approximate surface area is 152 Å². The monoisotopic (exact) mass is 404 g/mol. The fourth-order valence-electron chi connectivity index (χ4n) is 2.33. The van der Waals surface area contributed by atoms with Crippen LogP contribution in [0.2, 0.25) is 5.02 Å². The quantitative estimate of drug-likeness (QED) is 0.558. The average molecular weight is 406 g/mol. The molecule has 1 fully saturated rings. The van der Waals surface area contributed by atoms with Crippen molar-refractivity contribution >= 4 is 50.8 Å². The van der Waals surface area contributed by atoms with E-state index < -0.39 is 0 Å². The van der Waals surface area contributed by atoms with Gasteiger partial charge in [0.15, 0.2) is 5.82 Å². The number of nitrogens with zero attached hydrogens (tertiary/aromatic N) is 3. The molecule has 0 unspecified atom stereocenters. The number of halogens is 2. The maximum absolute atomic E-state index is 6.00. The lowest BCUT2D eigenvalue weighted by Crippen LogP contribution is -2.01. The highest BCUT2D eigenvalue weighted by molar-refractivity contribution is 9.10. The average Bonchev–Trinajstić information content (AvgIpc) is 3.31. The summed E-state index contributed by atoms with van der Waals surface area (Å²) >= 11 is 9.46. The number of rotatable bonds is 5. The first kappa shape index (κ1) is 15.4. The molecule has 0 bridgehead atoms. The summed E-state index contributed by atoms with van der Waals surface area (Å²) in [5, 5.41) is 14.3. The zero-order valence-electron chi connectivity index (χ0n) is 12.6. The third-order valence-electron chi connectivity index (χ3n) is 3.67. The van der Waals surface area contributed by atoms with Crippen LogP contribution in [0.3, 0.4) is 0 Å². The minimum Gasteiger partial charge on any atom is -0.324 e. The maximum atomic E-state index is 6.00. The molecule has 2 aromatic heterocycles. The van der Waals surface area contributed by atoms with E-state index >= 15 is 0 Å². The molecule has 4 rings (SSSR count). The molecular formula is C16H14BrClN6. The van der Waals surface area contributed by atoms with Crippen LogP contribution in [0.5, 0.6) is 0 Å². The van der Waals surface area contributed by atoms with Crippen LogP contribution < -0.4 is 10.6 Å². The summed E-state index contributed by atoms with van der Waals surface area (Å²) in [5.74, 6) is 2.54. The van der Waals surface area contributed by atoms with E-state index in [2.05, 4.69) is 46.7 Å². The highest BCUT2D eigenvalue weighted by atomic mass is 79.9. The predicted octanol–water partition coefficient (Wildman–Crippen LogP) is 4.98. The Morgan fingerprint density at radius 3 is 2.88 bits per heavy atom. The first-order valence-electron chi connectivity index (χ1n) is 7.55. The summed E-state index contributed by atoms with van der Waals surface area (Å²) in [6.07, 6.45) is 4.13. The van der Waals surface area contributed by atoms with Crippen molar-refractivity contribution < 1.29 is 0 Å². The van der Waals surface area contributed by atoms with Gasteiger partial charge in [0.05, 0.1) is 10.2 Å². The van der Waals surface area contributed by atoms with Crippen molar-refractivity contribution in [3.05, 3.63) is 51.7 Å². The highest BCUT2D eigenvalue weighted by Crippen LogP contribution is 2.39. The van der Waals surface area contributed by atoms with Gasteiger partial charge in [-0.1, -0.05) is 17.7 Å². The number of H-pyrrole nitrogens is 1. The van der Waals surface area contributed by atoms with Gasteiger partial charge in [-0.05, 0) is 47.0 Å². The van der Waals surface area contributed by atoms with Crippen LogP contribution in [-0.2, 0) is 0 Å². The highest BCUT2D eigenvalue weighted by Gasteiger charge is 2.26. The Balaban J connectivity index is 1.53. The van der Waals surface area contributed by atoms with Crippen molar-refractivity contribution in [2.45, 2.75) is 18.8 Å². The molecule has 3 N–H and O–H groups in total. The smallest absolute Gasteiger partial charge is 0.229 e. The van der Waals surface area contributed by atoms with Gasteiger partial charge in [0, 0.05) is 28.9 Å². The molecule has 0 radical (unpaired) electrons. The van der Waals surface area contributed by atoms with Crippen molar-refractivity contribution in [3.8, 4) is 0 Å². The largest absolute Gasteiger partial charge is 0.324 e. The van der Waals surface area contributed by atoms with Gasteiger partial charge >= 0.3 is 0 Å². The molecule has 1 aromatic carbocycles. The SMILES string of the molecule is Clc1cccc(Nc2ncc(Br)c(Nc3cc(C4CC4)n[nH]3)n2)c1. The lowest BCUT2D eigenvalue weighted by atomic mass is 10.3. The van der Waals surface area contributed by atoms with E-state index in [0.717, 1.165) is 21.7 Å². The number of hydrogen-bond acceptors (Lipinski definition) is 5. The van der Waals surface area contributed by atoms with Crippen LogP contribution in [0.1, 0.15) is 24.5 Å². The third kappa shape index (κ3) is 3.52. The lowest BCUT2D eigenvalue weighted by molar-refractivity contribution is 0.966. The molecule has 0 spiro atoms. The molecule has 2 heterocycles. The van der Waals surface area contributed by atoms with Crippen molar-refractivity contribution in [2.75, 3.05) is 10.6 Å². The second-order valence-electron chi connectivity index (χ2n) is 5.63. The summed E-state index contributed by atoms with van der Waals surface area (Å²) < 4.78 is 0.765. The number of aromatic amines is 1. The molecule has 1 aliphatic rings. The van der Waals surface area contributed by atoms with Crippen molar-refractivity contribution in [1.29, 1.82) is 0 Å². The topological polar surface area (TPSA) is 78.5 Å². The molecule has 0 saturated heterocycles. The molecular weight excluding hydrogens is 392 g/mol. The fraction of sp³-hybridized carbons (Fsp3) is 0.188. The van der Waals surface area contributed by atoms with E-state index in [-0.39, 0.29) is 0 Å². The van der Waals surface area contributed by atoms with E-state index in [0.29, 0.717) is 22.7 Å². The van der Waals surface area contributed by atoms with Crippen LogP contribution >= 0.6 is 27.5 Å². The molecule has 1 saturated carbocycles. The van der Waals surface area contributed by atoms with Crippen LogP contribution in [0.25, 0.3) is 0 Å². The Bertz CT molecular complexity index is 877. The summed E-state index contributed by atoms with van der Waals surface area (Å²) in [6, 6.07) is 9.43. The molecule has 3 aromatic rings. The molecule has 0 amide bonds. The number of benzene rings is 1. The van der Waals surface area contributed by atoms with Gasteiger partial charge in [-0.15, -0.1) is 0 Å². The minimum atomic E-state index is 0.477. The zero-order valence-corrected chi connectivity index (χ0v) is 14.9. The second-order valence-corrected chi connectivity index (χ2v) is 6.92. The first-order valence-corrected chi connectivity index (χ1v) is 8.72. The van der Waals surface area contributed by atoms with Crippen LogP contribution in [-0.4, -0.2) is 20.2 Å². The summed E-state index contributed by atoms with van der Waals surface area (Å²) in [6.45, 7) is 0. The second kappa shape index (κ2) is 6.41. The normalized spacial score (nSPS) is 13.8. The molecule has 1 aliphatic carbocycles. The van der Waals surface area contributed by atoms with E-state index in [4.69, 9.17) is 11.6 Å². The fourth-order valence-corrected chi connectivity index (χ4v) is 2.81. The summed E-state index contributed by atoms with van der Waals surface area (Å²) in [5.41, 5.74) is 1.92. The molecule has 8 heteroatoms. The van der Waals surface area contributed by atoms with Gasteiger partial charge in [0.25, 0.3) is 0 Å². The molecule has 122 valence electrons. The molecule has 0 atom stereocenters. The van der Waals surface area contributed by atoms with Gasteiger partial charge in [-0.25, -0.2) is 4.98 Å². The molecule has 0 aliphatic heterocycles. The Morgan fingerprint density at radius 1 is 1.21 bits per heavy atom.